The normalized spacial score (nSPS) is 22.7. The van der Waals surface area contributed by atoms with Crippen LogP contribution in [0, 0.1) is 0 Å². The second-order valence-electron chi connectivity index (χ2n) is 3.51. The number of benzene rings is 1. The van der Waals surface area contributed by atoms with Gasteiger partial charge in [0.1, 0.15) is 4.90 Å². The molecule has 0 bridgehead atoms. The van der Waals surface area contributed by atoms with Gasteiger partial charge >= 0.3 is 0 Å². The maximum atomic E-state index is 13.6. The summed E-state index contributed by atoms with van der Waals surface area (Å²) in [6, 6.07) is 3.36. The first-order valence-corrected chi connectivity index (χ1v) is 7.23. The molecule has 1 aliphatic heterocycles. The molecule has 1 aliphatic rings. The van der Waals surface area contributed by atoms with Gasteiger partial charge in [-0.1, -0.05) is 17.7 Å². The van der Waals surface area contributed by atoms with E-state index < -0.39 is 43.2 Å². The van der Waals surface area contributed by atoms with E-state index >= 15 is 0 Å². The number of alkyl halides is 3. The SMILES string of the molecule is O=S(=O)(Cl)c1cccc2c1OC(Cl)CC2(F)F. The molecule has 0 aromatic heterocycles. The quantitative estimate of drug-likeness (QED) is 0.591. The van der Waals surface area contributed by atoms with Crippen molar-refractivity contribution in [3.05, 3.63) is 23.8 Å². The van der Waals surface area contributed by atoms with Gasteiger partial charge in [-0.25, -0.2) is 17.2 Å². The molecule has 0 fully saturated rings. The minimum Gasteiger partial charge on any atom is -0.473 e. The summed E-state index contributed by atoms with van der Waals surface area (Å²) in [7, 11) is 0.978. The van der Waals surface area contributed by atoms with E-state index in [2.05, 4.69) is 0 Å². The smallest absolute Gasteiger partial charge is 0.281 e. The lowest BCUT2D eigenvalue weighted by atomic mass is 10.0. The van der Waals surface area contributed by atoms with E-state index in [0.717, 1.165) is 12.1 Å². The van der Waals surface area contributed by atoms with Crippen LogP contribution in [0.1, 0.15) is 12.0 Å². The standard InChI is InChI=1S/C9H6Cl2F2O3S/c10-7-4-9(12,13)5-2-1-3-6(8(5)16-7)17(11,14)15/h1-3,7H,4H2. The van der Waals surface area contributed by atoms with Crippen molar-refractivity contribution < 1.29 is 21.9 Å². The van der Waals surface area contributed by atoms with Crippen LogP contribution in [-0.4, -0.2) is 14.0 Å². The van der Waals surface area contributed by atoms with Crippen LogP contribution in [0.2, 0.25) is 0 Å². The van der Waals surface area contributed by atoms with Crippen LogP contribution in [0.15, 0.2) is 23.1 Å². The molecule has 17 heavy (non-hydrogen) atoms. The Kier molecular flexibility index (Phi) is 3.00. The third kappa shape index (κ3) is 2.34. The number of hydrogen-bond donors (Lipinski definition) is 0. The molecule has 0 N–H and O–H groups in total. The summed E-state index contributed by atoms with van der Waals surface area (Å²) in [5.74, 6) is -3.71. The van der Waals surface area contributed by atoms with Crippen molar-refractivity contribution in [3.63, 3.8) is 0 Å². The maximum Gasteiger partial charge on any atom is 0.281 e. The van der Waals surface area contributed by atoms with E-state index in [-0.39, 0.29) is 0 Å². The van der Waals surface area contributed by atoms with E-state index in [1.165, 1.54) is 6.07 Å². The summed E-state index contributed by atoms with van der Waals surface area (Å²) in [6.45, 7) is 0. The maximum absolute atomic E-state index is 13.6. The van der Waals surface area contributed by atoms with Crippen molar-refractivity contribution in [1.82, 2.24) is 0 Å². The predicted octanol–water partition coefficient (Wildman–Crippen LogP) is 3.05. The number of para-hydroxylation sites is 1. The van der Waals surface area contributed by atoms with Crippen LogP contribution < -0.4 is 4.74 Å². The molecule has 1 aromatic rings. The average Bonchev–Trinajstić information content (AvgIpc) is 2.13. The lowest BCUT2D eigenvalue weighted by Gasteiger charge is -2.29. The van der Waals surface area contributed by atoms with Gasteiger partial charge in [0.25, 0.3) is 15.0 Å². The largest absolute Gasteiger partial charge is 0.473 e. The molecule has 8 heteroatoms. The van der Waals surface area contributed by atoms with E-state index in [4.69, 9.17) is 27.0 Å². The van der Waals surface area contributed by atoms with Gasteiger partial charge in [-0.15, -0.1) is 0 Å². The summed E-state index contributed by atoms with van der Waals surface area (Å²) in [4.78, 5) is -0.498. The molecule has 0 saturated heterocycles. The summed E-state index contributed by atoms with van der Waals surface area (Å²) in [6.07, 6.45) is -0.715. The molecule has 1 aromatic carbocycles. The fraction of sp³-hybridized carbons (Fsp3) is 0.333. The van der Waals surface area contributed by atoms with Crippen molar-refractivity contribution >= 4 is 31.3 Å². The van der Waals surface area contributed by atoms with Gasteiger partial charge in [-0.3, -0.25) is 0 Å². The Bertz CT molecular complexity index is 559. The highest BCUT2D eigenvalue weighted by Crippen LogP contribution is 2.47. The Labute approximate surface area is 106 Å². The number of fused-ring (bicyclic) bond motifs is 1. The summed E-state index contributed by atoms with van der Waals surface area (Å²) in [5, 5.41) is 0. The third-order valence-electron chi connectivity index (χ3n) is 2.30. The molecule has 0 aliphatic carbocycles. The van der Waals surface area contributed by atoms with Crippen LogP contribution in [0.4, 0.5) is 8.78 Å². The van der Waals surface area contributed by atoms with Gasteiger partial charge in [-0.2, -0.15) is 0 Å². The Hall–Kier alpha value is -0.590. The highest BCUT2D eigenvalue weighted by Gasteiger charge is 2.44. The molecule has 1 unspecified atom stereocenters. The lowest BCUT2D eigenvalue weighted by molar-refractivity contribution is -0.0495. The molecule has 0 amide bonds. The Morgan fingerprint density at radius 2 is 2.06 bits per heavy atom. The van der Waals surface area contributed by atoms with Gasteiger partial charge in [-0.05, 0) is 12.1 Å². The Morgan fingerprint density at radius 3 is 2.65 bits per heavy atom. The summed E-state index contributed by atoms with van der Waals surface area (Å²) < 4.78 is 54.6. The van der Waals surface area contributed by atoms with Crippen LogP contribution in [0.5, 0.6) is 5.75 Å². The average molecular weight is 303 g/mol. The van der Waals surface area contributed by atoms with Gasteiger partial charge in [0, 0.05) is 10.7 Å². The van der Waals surface area contributed by atoms with Gasteiger partial charge in [0.05, 0.1) is 12.0 Å². The Morgan fingerprint density at radius 1 is 1.41 bits per heavy atom. The Balaban J connectivity index is 2.71. The molecule has 3 nitrogen and oxygen atoms in total. The summed E-state index contributed by atoms with van der Waals surface area (Å²) in [5.41, 5.74) is -1.81. The van der Waals surface area contributed by atoms with Gasteiger partial charge < -0.3 is 4.74 Å². The van der Waals surface area contributed by atoms with Crippen molar-refractivity contribution in [3.8, 4) is 5.75 Å². The second-order valence-corrected chi connectivity index (χ2v) is 6.53. The second kappa shape index (κ2) is 3.96. The van der Waals surface area contributed by atoms with E-state index in [1.807, 2.05) is 0 Å². The van der Waals surface area contributed by atoms with E-state index in [1.54, 1.807) is 0 Å². The van der Waals surface area contributed by atoms with Crippen LogP contribution in [0.3, 0.4) is 0 Å². The van der Waals surface area contributed by atoms with E-state index in [9.17, 15) is 17.2 Å². The van der Waals surface area contributed by atoms with Crippen molar-refractivity contribution in [2.24, 2.45) is 0 Å². The molecule has 1 atom stereocenters. The molecule has 0 spiro atoms. The zero-order valence-electron chi connectivity index (χ0n) is 8.16. The van der Waals surface area contributed by atoms with E-state index in [0.29, 0.717) is 0 Å². The molecular weight excluding hydrogens is 297 g/mol. The van der Waals surface area contributed by atoms with Crippen molar-refractivity contribution in [1.29, 1.82) is 0 Å². The topological polar surface area (TPSA) is 43.4 Å². The highest BCUT2D eigenvalue weighted by molar-refractivity contribution is 8.13. The lowest BCUT2D eigenvalue weighted by Crippen LogP contribution is -2.29. The van der Waals surface area contributed by atoms with Gasteiger partial charge in [0.15, 0.2) is 11.3 Å². The number of halogens is 4. The third-order valence-corrected chi connectivity index (χ3v) is 3.89. The molecule has 94 valence electrons. The molecule has 2 rings (SSSR count). The first-order valence-electron chi connectivity index (χ1n) is 4.48. The van der Waals surface area contributed by atoms with Crippen LogP contribution >= 0.6 is 22.3 Å². The zero-order chi connectivity index (χ0) is 12.8. The van der Waals surface area contributed by atoms with Crippen LogP contribution in [-0.2, 0) is 15.0 Å². The molecule has 0 saturated carbocycles. The molecule has 0 radical (unpaired) electrons. The molecule has 1 heterocycles. The van der Waals surface area contributed by atoms with Gasteiger partial charge in [0.2, 0.25) is 0 Å². The monoisotopic (exact) mass is 302 g/mol. The predicted molar refractivity (Wildman–Crippen MR) is 58.3 cm³/mol. The van der Waals surface area contributed by atoms with Crippen molar-refractivity contribution in [2.75, 3.05) is 0 Å². The summed E-state index contributed by atoms with van der Waals surface area (Å²) >= 11 is 5.51. The molecular formula is C9H6Cl2F2O3S. The van der Waals surface area contributed by atoms with Crippen molar-refractivity contribution in [2.45, 2.75) is 22.8 Å². The number of rotatable bonds is 1. The highest BCUT2D eigenvalue weighted by atomic mass is 35.7. The number of hydrogen-bond acceptors (Lipinski definition) is 3. The first-order chi connectivity index (χ1) is 7.72. The fourth-order valence-corrected chi connectivity index (χ4v) is 2.87. The van der Waals surface area contributed by atoms with Crippen LogP contribution in [0.25, 0.3) is 0 Å². The minimum atomic E-state index is -4.16. The number of ether oxygens (including phenoxy) is 1. The minimum absolute atomic E-state index is 0.473. The first kappa shape index (κ1) is 12.9. The zero-order valence-corrected chi connectivity index (χ0v) is 10.5. The fourth-order valence-electron chi connectivity index (χ4n) is 1.60.